The predicted octanol–water partition coefficient (Wildman–Crippen LogP) is 7.18. The van der Waals surface area contributed by atoms with Crippen LogP contribution in [0.1, 0.15) is 92.9 Å². The zero-order valence-electron chi connectivity index (χ0n) is 21.8. The highest BCUT2D eigenvalue weighted by Gasteiger charge is 2.62. The molecule has 2 N–H and O–H groups in total. The van der Waals surface area contributed by atoms with E-state index in [0.717, 1.165) is 38.5 Å². The lowest BCUT2D eigenvalue weighted by Gasteiger charge is -2.62. The normalized spacial score (nSPS) is 43.2. The second-order valence-corrected chi connectivity index (χ2v) is 13.1. The van der Waals surface area contributed by atoms with Gasteiger partial charge in [0.05, 0.1) is 6.10 Å². The standard InChI is InChI=1S/C30H46O3/c1-18(9-8-10-19(2)27(32)33)21-13-15-30(7)22-11-12-24-28(4,5)25(31)14-16-29(24,6)23(22)17-20(3)26(21)30/h10-11,18,21,23-26,31H,3,8-9,12-17H2,1-2,4-7H3,(H,32,33)/b19-10-/t18-,21-,23+,24+,25-,26+,29-,30+/m1/s1. The molecule has 3 fully saturated rings. The summed E-state index contributed by atoms with van der Waals surface area (Å²) in [6, 6.07) is 0. The molecule has 3 heteroatoms. The molecule has 0 spiro atoms. The Morgan fingerprint density at radius 3 is 2.61 bits per heavy atom. The number of rotatable bonds is 5. The zero-order chi connectivity index (χ0) is 24.3. The van der Waals surface area contributed by atoms with Crippen LogP contribution in [0.5, 0.6) is 0 Å². The minimum atomic E-state index is -0.808. The average Bonchev–Trinajstić information content (AvgIpc) is 3.11. The summed E-state index contributed by atoms with van der Waals surface area (Å²) in [5.74, 6) is 2.03. The van der Waals surface area contributed by atoms with Gasteiger partial charge in [-0.2, -0.15) is 0 Å². The fourth-order valence-electron chi connectivity index (χ4n) is 8.99. The topological polar surface area (TPSA) is 57.5 Å². The van der Waals surface area contributed by atoms with Gasteiger partial charge in [0.2, 0.25) is 0 Å². The highest BCUT2D eigenvalue weighted by Crippen LogP contribution is 2.70. The first-order chi connectivity index (χ1) is 15.3. The Kier molecular flexibility index (Phi) is 6.30. The summed E-state index contributed by atoms with van der Waals surface area (Å²) in [4.78, 5) is 11.1. The van der Waals surface area contributed by atoms with Crippen molar-refractivity contribution >= 4 is 5.97 Å². The molecular formula is C30H46O3. The minimum Gasteiger partial charge on any atom is -0.478 e. The van der Waals surface area contributed by atoms with Gasteiger partial charge in [-0.15, -0.1) is 0 Å². The Hall–Kier alpha value is -1.35. The number of aliphatic hydroxyl groups excluding tert-OH is 1. The first-order valence-corrected chi connectivity index (χ1v) is 13.3. The van der Waals surface area contributed by atoms with Crippen LogP contribution in [0.25, 0.3) is 0 Å². The number of hydrogen-bond donors (Lipinski definition) is 2. The molecule has 4 aliphatic rings. The van der Waals surface area contributed by atoms with Gasteiger partial charge >= 0.3 is 5.97 Å². The molecule has 33 heavy (non-hydrogen) atoms. The highest BCUT2D eigenvalue weighted by molar-refractivity contribution is 5.85. The van der Waals surface area contributed by atoms with Crippen LogP contribution in [-0.4, -0.2) is 22.3 Å². The Morgan fingerprint density at radius 1 is 1.24 bits per heavy atom. The zero-order valence-corrected chi connectivity index (χ0v) is 21.8. The van der Waals surface area contributed by atoms with Gasteiger partial charge in [0.25, 0.3) is 0 Å². The van der Waals surface area contributed by atoms with Crippen LogP contribution < -0.4 is 0 Å². The molecule has 0 aromatic carbocycles. The van der Waals surface area contributed by atoms with Crippen LogP contribution in [0.4, 0.5) is 0 Å². The molecule has 0 bridgehead atoms. The molecule has 0 saturated heterocycles. The molecule has 0 radical (unpaired) electrons. The smallest absolute Gasteiger partial charge is 0.330 e. The molecule has 4 rings (SSSR count). The fraction of sp³-hybridized carbons (Fsp3) is 0.767. The summed E-state index contributed by atoms with van der Waals surface area (Å²) >= 11 is 0. The summed E-state index contributed by atoms with van der Waals surface area (Å²) in [6.45, 7) is 18.4. The Labute approximate surface area is 201 Å². The average molecular weight is 455 g/mol. The van der Waals surface area contributed by atoms with Gasteiger partial charge in [-0.05, 0) is 104 Å². The van der Waals surface area contributed by atoms with E-state index < -0.39 is 5.97 Å². The van der Waals surface area contributed by atoms with Gasteiger partial charge in [-0.1, -0.05) is 64.5 Å². The second kappa shape index (κ2) is 8.40. The van der Waals surface area contributed by atoms with E-state index in [2.05, 4.69) is 40.7 Å². The maximum atomic E-state index is 11.1. The number of aliphatic carboxylic acids is 1. The number of allylic oxidation sites excluding steroid dienone is 4. The van der Waals surface area contributed by atoms with Crippen LogP contribution in [0.2, 0.25) is 0 Å². The number of hydrogen-bond acceptors (Lipinski definition) is 2. The quantitative estimate of drug-likeness (QED) is 0.342. The third-order valence-electron chi connectivity index (χ3n) is 11.1. The van der Waals surface area contributed by atoms with Crippen molar-refractivity contribution in [3.63, 3.8) is 0 Å². The Balaban J connectivity index is 1.58. The van der Waals surface area contributed by atoms with Crippen LogP contribution in [0.15, 0.2) is 35.5 Å². The molecule has 3 saturated carbocycles. The Morgan fingerprint density at radius 2 is 1.94 bits per heavy atom. The van der Waals surface area contributed by atoms with Crippen molar-refractivity contribution in [1.29, 1.82) is 0 Å². The molecule has 0 aliphatic heterocycles. The Bertz CT molecular complexity index is 879. The monoisotopic (exact) mass is 454 g/mol. The van der Waals surface area contributed by atoms with E-state index in [4.69, 9.17) is 11.7 Å². The minimum absolute atomic E-state index is 0.0392. The summed E-state index contributed by atoms with van der Waals surface area (Å²) < 4.78 is 0. The van der Waals surface area contributed by atoms with Crippen molar-refractivity contribution in [1.82, 2.24) is 0 Å². The van der Waals surface area contributed by atoms with E-state index in [9.17, 15) is 9.90 Å². The largest absolute Gasteiger partial charge is 0.478 e. The number of fused-ring (bicyclic) bond motifs is 5. The predicted molar refractivity (Wildman–Crippen MR) is 135 cm³/mol. The first-order valence-electron chi connectivity index (χ1n) is 13.3. The summed E-state index contributed by atoms with van der Waals surface area (Å²) in [5, 5.41) is 19.9. The molecule has 184 valence electrons. The van der Waals surface area contributed by atoms with Crippen molar-refractivity contribution in [3.05, 3.63) is 35.5 Å². The lowest BCUT2D eigenvalue weighted by atomic mass is 9.42. The number of aliphatic hydroxyl groups is 1. The van der Waals surface area contributed by atoms with E-state index in [-0.39, 0.29) is 22.3 Å². The maximum Gasteiger partial charge on any atom is 0.330 e. The molecule has 4 aliphatic carbocycles. The van der Waals surface area contributed by atoms with Crippen molar-refractivity contribution in [3.8, 4) is 0 Å². The third kappa shape index (κ3) is 3.77. The maximum absolute atomic E-state index is 11.1. The molecule has 0 unspecified atom stereocenters. The molecule has 0 heterocycles. The van der Waals surface area contributed by atoms with Gasteiger partial charge in [-0.25, -0.2) is 4.79 Å². The van der Waals surface area contributed by atoms with Gasteiger partial charge < -0.3 is 10.2 Å². The molecule has 0 aromatic heterocycles. The molecule has 3 nitrogen and oxygen atoms in total. The van der Waals surface area contributed by atoms with Gasteiger partial charge in [0, 0.05) is 5.57 Å². The van der Waals surface area contributed by atoms with Crippen molar-refractivity contribution in [2.24, 2.45) is 45.8 Å². The van der Waals surface area contributed by atoms with Crippen molar-refractivity contribution in [2.45, 2.75) is 99.0 Å². The number of carboxylic acid groups (broad SMARTS) is 1. The van der Waals surface area contributed by atoms with Crippen LogP contribution in [0.3, 0.4) is 0 Å². The summed E-state index contributed by atoms with van der Waals surface area (Å²) in [7, 11) is 0. The van der Waals surface area contributed by atoms with Crippen molar-refractivity contribution < 1.29 is 15.0 Å². The van der Waals surface area contributed by atoms with E-state index in [1.807, 2.05) is 6.08 Å². The van der Waals surface area contributed by atoms with Gasteiger partial charge in [0.1, 0.15) is 0 Å². The van der Waals surface area contributed by atoms with Crippen LogP contribution >= 0.6 is 0 Å². The third-order valence-corrected chi connectivity index (χ3v) is 11.1. The number of carboxylic acids is 1. The molecule has 8 atom stereocenters. The van der Waals surface area contributed by atoms with E-state index in [1.165, 1.54) is 18.4 Å². The van der Waals surface area contributed by atoms with E-state index in [0.29, 0.717) is 35.2 Å². The van der Waals surface area contributed by atoms with Crippen LogP contribution in [0, 0.1) is 45.8 Å². The van der Waals surface area contributed by atoms with Gasteiger partial charge in [-0.3, -0.25) is 0 Å². The molecule has 0 aromatic rings. The summed E-state index contributed by atoms with van der Waals surface area (Å²) in [6.07, 6.45) is 12.9. The van der Waals surface area contributed by atoms with E-state index in [1.54, 1.807) is 12.5 Å². The van der Waals surface area contributed by atoms with E-state index >= 15 is 0 Å². The summed E-state index contributed by atoms with van der Waals surface area (Å²) in [5.41, 5.74) is 4.04. The fourth-order valence-corrected chi connectivity index (χ4v) is 8.99. The highest BCUT2D eigenvalue weighted by atomic mass is 16.4. The first kappa shape index (κ1) is 24.8. The molecular weight excluding hydrogens is 408 g/mol. The molecule has 0 amide bonds. The lowest BCUT2D eigenvalue weighted by molar-refractivity contribution is -0.132. The van der Waals surface area contributed by atoms with Crippen LogP contribution in [-0.2, 0) is 4.79 Å². The van der Waals surface area contributed by atoms with Gasteiger partial charge in [0.15, 0.2) is 0 Å². The second-order valence-electron chi connectivity index (χ2n) is 13.1. The SMILES string of the molecule is C=C1C[C@H]2C(=CC[C@H]3C(C)(C)[C@H](O)CC[C@]23C)[C@]2(C)CC[C@H]([C@H](C)CC/C=C(/C)C(=O)O)[C@H]12. The number of carbonyl (C=O) groups is 1. The lowest BCUT2D eigenvalue weighted by Crippen LogP contribution is -2.56. The van der Waals surface area contributed by atoms with Crippen molar-refractivity contribution in [2.75, 3.05) is 0 Å².